The zero-order chi connectivity index (χ0) is 14.3. The number of rotatable bonds is 7. The minimum Gasteiger partial charge on any atom is -0.354 e. The predicted octanol–water partition coefficient (Wildman–Crippen LogP) is 0.700. The summed E-state index contributed by atoms with van der Waals surface area (Å²) in [4.78, 5) is 11.5. The van der Waals surface area contributed by atoms with Gasteiger partial charge < -0.3 is 10.6 Å². The summed E-state index contributed by atoms with van der Waals surface area (Å²) in [5, 5.41) is 5.41. The molecule has 0 radical (unpaired) electrons. The highest BCUT2D eigenvalue weighted by molar-refractivity contribution is 9.10. The van der Waals surface area contributed by atoms with Gasteiger partial charge in [0, 0.05) is 17.6 Å². The van der Waals surface area contributed by atoms with Gasteiger partial charge in [0.05, 0.1) is 5.75 Å². The molecule has 1 aromatic carbocycles. The number of amides is 1. The van der Waals surface area contributed by atoms with Crippen LogP contribution in [0.3, 0.4) is 0 Å². The minimum atomic E-state index is -3.43. The molecule has 1 rings (SSSR count). The molecule has 0 aromatic heterocycles. The first kappa shape index (κ1) is 16.1. The van der Waals surface area contributed by atoms with Gasteiger partial charge in [-0.05, 0) is 24.7 Å². The number of hydrogen-bond acceptors (Lipinski definition) is 4. The van der Waals surface area contributed by atoms with Crippen molar-refractivity contribution in [2.75, 3.05) is 25.9 Å². The van der Waals surface area contributed by atoms with E-state index in [4.69, 9.17) is 0 Å². The Morgan fingerprint density at radius 1 is 1.21 bits per heavy atom. The smallest absolute Gasteiger partial charge is 0.235 e. The van der Waals surface area contributed by atoms with Gasteiger partial charge >= 0.3 is 0 Å². The van der Waals surface area contributed by atoms with Crippen LogP contribution in [0.4, 0.5) is 0 Å². The Morgan fingerprint density at radius 2 is 1.84 bits per heavy atom. The largest absolute Gasteiger partial charge is 0.354 e. The molecule has 0 spiro atoms. The van der Waals surface area contributed by atoms with E-state index in [0.29, 0.717) is 18.7 Å². The van der Waals surface area contributed by atoms with E-state index in [1.54, 1.807) is 31.3 Å². The summed E-state index contributed by atoms with van der Waals surface area (Å²) in [5.74, 6) is -1.07. The first-order valence-electron chi connectivity index (χ1n) is 5.79. The molecule has 1 amide bonds. The van der Waals surface area contributed by atoms with Crippen molar-refractivity contribution in [1.29, 1.82) is 0 Å². The third kappa shape index (κ3) is 6.70. The second-order valence-electron chi connectivity index (χ2n) is 4.11. The number of hydrogen-bond donors (Lipinski definition) is 2. The summed E-state index contributed by atoms with van der Waals surface area (Å²) in [6, 6.07) is 7.00. The zero-order valence-electron chi connectivity index (χ0n) is 10.6. The Kier molecular flexibility index (Phi) is 6.47. The van der Waals surface area contributed by atoms with Crippen molar-refractivity contribution < 1.29 is 13.2 Å². The van der Waals surface area contributed by atoms with Crippen LogP contribution in [0.5, 0.6) is 0 Å². The van der Waals surface area contributed by atoms with Crippen LogP contribution < -0.4 is 10.6 Å². The van der Waals surface area contributed by atoms with Crippen LogP contribution in [0.25, 0.3) is 0 Å². The number of benzene rings is 1. The van der Waals surface area contributed by atoms with E-state index in [9.17, 15) is 13.2 Å². The van der Waals surface area contributed by atoms with Gasteiger partial charge in [0.25, 0.3) is 0 Å². The first-order valence-corrected chi connectivity index (χ1v) is 8.40. The highest BCUT2D eigenvalue weighted by Crippen LogP contribution is 2.13. The lowest BCUT2D eigenvalue weighted by molar-refractivity contribution is -0.118. The monoisotopic (exact) mass is 348 g/mol. The Morgan fingerprint density at radius 3 is 2.42 bits per heavy atom. The maximum atomic E-state index is 11.8. The quantitative estimate of drug-likeness (QED) is 0.711. The summed E-state index contributed by atoms with van der Waals surface area (Å²) in [6.45, 7) is 1.03. The van der Waals surface area contributed by atoms with Crippen LogP contribution in [0.1, 0.15) is 5.56 Å². The van der Waals surface area contributed by atoms with Gasteiger partial charge in [0.2, 0.25) is 5.91 Å². The summed E-state index contributed by atoms with van der Waals surface area (Å²) >= 11 is 3.28. The van der Waals surface area contributed by atoms with Crippen molar-refractivity contribution in [3.05, 3.63) is 34.3 Å². The van der Waals surface area contributed by atoms with Crippen molar-refractivity contribution in [2.45, 2.75) is 5.75 Å². The molecule has 0 atom stereocenters. The topological polar surface area (TPSA) is 75.3 Å². The third-order valence-electron chi connectivity index (χ3n) is 2.35. The van der Waals surface area contributed by atoms with Gasteiger partial charge in [-0.2, -0.15) is 0 Å². The Labute approximate surface area is 121 Å². The van der Waals surface area contributed by atoms with E-state index < -0.39 is 21.5 Å². The zero-order valence-corrected chi connectivity index (χ0v) is 13.1. The molecule has 0 saturated carbocycles. The van der Waals surface area contributed by atoms with Gasteiger partial charge in [-0.15, -0.1) is 0 Å². The summed E-state index contributed by atoms with van der Waals surface area (Å²) < 4.78 is 24.6. The molecule has 0 unspecified atom stereocenters. The Balaban J connectivity index is 2.52. The fourth-order valence-corrected chi connectivity index (χ4v) is 3.03. The Bertz CT molecular complexity index is 514. The van der Waals surface area contributed by atoms with Crippen molar-refractivity contribution >= 4 is 31.7 Å². The minimum absolute atomic E-state index is 0.125. The highest BCUT2D eigenvalue weighted by Gasteiger charge is 2.17. The molecule has 0 fully saturated rings. The van der Waals surface area contributed by atoms with Gasteiger partial charge in [-0.3, -0.25) is 4.79 Å². The molecular weight excluding hydrogens is 332 g/mol. The normalized spacial score (nSPS) is 11.3. The molecule has 0 aliphatic carbocycles. The lowest BCUT2D eigenvalue weighted by atomic mass is 10.2. The average molecular weight is 349 g/mol. The maximum Gasteiger partial charge on any atom is 0.235 e. The molecule has 5 nitrogen and oxygen atoms in total. The van der Waals surface area contributed by atoms with Crippen LogP contribution in [-0.4, -0.2) is 40.2 Å². The summed E-state index contributed by atoms with van der Waals surface area (Å²) in [7, 11) is -1.67. The lowest BCUT2D eigenvalue weighted by Crippen LogP contribution is -2.35. The third-order valence-corrected chi connectivity index (χ3v) is 4.35. The average Bonchev–Trinajstić information content (AvgIpc) is 2.31. The molecule has 1 aromatic rings. The molecule has 0 heterocycles. The van der Waals surface area contributed by atoms with E-state index in [2.05, 4.69) is 26.6 Å². The van der Waals surface area contributed by atoms with Crippen LogP contribution in [0.2, 0.25) is 0 Å². The van der Waals surface area contributed by atoms with Gasteiger partial charge in [0.15, 0.2) is 9.84 Å². The standard InChI is InChI=1S/C12H17BrN2O3S/c1-14-6-7-15-12(16)9-19(17,18)8-10-2-4-11(13)5-3-10/h2-5,14H,6-9H2,1H3,(H,15,16). The van der Waals surface area contributed by atoms with Gasteiger partial charge in [0.1, 0.15) is 5.75 Å². The molecule has 19 heavy (non-hydrogen) atoms. The van der Waals surface area contributed by atoms with Crippen molar-refractivity contribution in [3.63, 3.8) is 0 Å². The molecule has 106 valence electrons. The van der Waals surface area contributed by atoms with Crippen LogP contribution >= 0.6 is 15.9 Å². The van der Waals surface area contributed by atoms with E-state index in [-0.39, 0.29) is 5.75 Å². The van der Waals surface area contributed by atoms with Gasteiger partial charge in [-0.1, -0.05) is 28.1 Å². The Hall–Kier alpha value is -0.920. The van der Waals surface area contributed by atoms with Crippen molar-refractivity contribution in [1.82, 2.24) is 10.6 Å². The lowest BCUT2D eigenvalue weighted by Gasteiger charge is -2.06. The fraction of sp³-hybridized carbons (Fsp3) is 0.417. The molecule has 0 saturated heterocycles. The van der Waals surface area contributed by atoms with Crippen molar-refractivity contribution in [3.8, 4) is 0 Å². The fourth-order valence-electron chi connectivity index (χ4n) is 1.46. The molecule has 7 heteroatoms. The van der Waals surface area contributed by atoms with E-state index in [0.717, 1.165) is 4.47 Å². The second-order valence-corrected chi connectivity index (χ2v) is 7.09. The van der Waals surface area contributed by atoms with Crippen LogP contribution in [0, 0.1) is 0 Å². The number of sulfone groups is 1. The number of carbonyl (C=O) groups excluding carboxylic acids is 1. The predicted molar refractivity (Wildman–Crippen MR) is 78.6 cm³/mol. The van der Waals surface area contributed by atoms with E-state index in [1.165, 1.54) is 0 Å². The second kappa shape index (κ2) is 7.62. The molecule has 0 aliphatic rings. The van der Waals surface area contributed by atoms with E-state index >= 15 is 0 Å². The van der Waals surface area contributed by atoms with Crippen LogP contribution in [-0.2, 0) is 20.4 Å². The molecular formula is C12H17BrN2O3S. The highest BCUT2D eigenvalue weighted by atomic mass is 79.9. The van der Waals surface area contributed by atoms with Gasteiger partial charge in [-0.25, -0.2) is 8.42 Å². The maximum absolute atomic E-state index is 11.8. The molecule has 0 aliphatic heterocycles. The number of likely N-dealkylation sites (N-methyl/N-ethyl adjacent to an activating group) is 1. The first-order chi connectivity index (χ1) is 8.93. The summed E-state index contributed by atoms with van der Waals surface area (Å²) in [5.41, 5.74) is 0.672. The van der Waals surface area contributed by atoms with Crippen molar-refractivity contribution in [2.24, 2.45) is 0 Å². The number of nitrogens with one attached hydrogen (secondary N) is 2. The van der Waals surface area contributed by atoms with E-state index in [1.807, 2.05) is 0 Å². The molecule has 2 N–H and O–H groups in total. The van der Waals surface area contributed by atoms with Crippen LogP contribution in [0.15, 0.2) is 28.7 Å². The SMILES string of the molecule is CNCCNC(=O)CS(=O)(=O)Cc1ccc(Br)cc1. The number of carbonyl (C=O) groups is 1. The number of halogens is 1. The summed E-state index contributed by atoms with van der Waals surface area (Å²) in [6.07, 6.45) is 0. The molecule has 0 bridgehead atoms.